The summed E-state index contributed by atoms with van der Waals surface area (Å²) in [6.07, 6.45) is 1.43. The minimum Gasteiger partial charge on any atom is -0.497 e. The summed E-state index contributed by atoms with van der Waals surface area (Å²) in [6.45, 7) is 2.44. The van der Waals surface area contributed by atoms with Crippen molar-refractivity contribution in [3.05, 3.63) is 85.9 Å². The minimum atomic E-state index is -0.558. The molecule has 10 heteroatoms. The normalized spacial score (nSPS) is 10.9. The van der Waals surface area contributed by atoms with Gasteiger partial charge < -0.3 is 24.3 Å². The van der Waals surface area contributed by atoms with Crippen molar-refractivity contribution in [2.24, 2.45) is 0 Å². The first kappa shape index (κ1) is 29.0. The number of amides is 1. The first-order chi connectivity index (χ1) is 18.3. The molecular weight excluding hydrogens is 551 g/mol. The summed E-state index contributed by atoms with van der Waals surface area (Å²) in [6, 6.07) is 15.5. The van der Waals surface area contributed by atoms with Gasteiger partial charge in [-0.3, -0.25) is 4.79 Å². The summed E-state index contributed by atoms with van der Waals surface area (Å²) in [5, 5.41) is 13.6. The van der Waals surface area contributed by atoms with E-state index >= 15 is 0 Å². The average Bonchev–Trinajstić information content (AvgIpc) is 2.90. The first-order valence-electron chi connectivity index (χ1n) is 11.4. The Balaban J connectivity index is 1.80. The number of hydrogen-bond donors (Lipinski definition) is 1. The van der Waals surface area contributed by atoms with E-state index in [0.717, 1.165) is 11.1 Å². The van der Waals surface area contributed by atoms with E-state index in [9.17, 15) is 10.1 Å². The van der Waals surface area contributed by atoms with Crippen molar-refractivity contribution in [3.63, 3.8) is 0 Å². The van der Waals surface area contributed by atoms with Gasteiger partial charge in [0.2, 0.25) is 0 Å². The molecule has 0 fully saturated rings. The number of nitrogens with zero attached hydrogens (tertiary/aromatic N) is 1. The third kappa shape index (κ3) is 7.48. The molecule has 3 aromatic carbocycles. The molecule has 38 heavy (non-hydrogen) atoms. The fourth-order valence-corrected chi connectivity index (χ4v) is 4.18. The molecule has 0 unspecified atom stereocenters. The molecule has 0 saturated heterocycles. The largest absolute Gasteiger partial charge is 0.497 e. The molecule has 0 aliphatic heterocycles. The van der Waals surface area contributed by atoms with Gasteiger partial charge in [-0.1, -0.05) is 40.9 Å². The molecular formula is C28H25Cl3N2O5. The van der Waals surface area contributed by atoms with Crippen molar-refractivity contribution in [1.82, 2.24) is 5.32 Å². The number of nitrogens with one attached hydrogen (secondary N) is 1. The van der Waals surface area contributed by atoms with Crippen LogP contribution in [0.3, 0.4) is 0 Å². The number of carbonyl (C=O) groups excluding carboxylic acids is 1. The van der Waals surface area contributed by atoms with Crippen LogP contribution in [0.4, 0.5) is 0 Å². The number of methoxy groups -OCH3 is 2. The van der Waals surface area contributed by atoms with Gasteiger partial charge in [0, 0.05) is 33.8 Å². The molecule has 0 aromatic heterocycles. The second kappa shape index (κ2) is 13.8. The Bertz CT molecular complexity index is 1390. The van der Waals surface area contributed by atoms with E-state index in [1.165, 1.54) is 13.2 Å². The lowest BCUT2D eigenvalue weighted by Gasteiger charge is -2.15. The molecule has 198 valence electrons. The molecule has 0 spiro atoms. The Morgan fingerprint density at radius 1 is 0.947 bits per heavy atom. The van der Waals surface area contributed by atoms with Crippen molar-refractivity contribution >= 4 is 46.8 Å². The van der Waals surface area contributed by atoms with Crippen LogP contribution in [0.1, 0.15) is 23.6 Å². The summed E-state index contributed by atoms with van der Waals surface area (Å²) in [4.78, 5) is 12.8. The second-order valence-corrected chi connectivity index (χ2v) is 9.07. The summed E-state index contributed by atoms with van der Waals surface area (Å²) >= 11 is 18.7. The monoisotopic (exact) mass is 574 g/mol. The summed E-state index contributed by atoms with van der Waals surface area (Å²) in [7, 11) is 3.08. The van der Waals surface area contributed by atoms with E-state index in [-0.39, 0.29) is 23.7 Å². The zero-order chi connectivity index (χ0) is 27.7. The van der Waals surface area contributed by atoms with Crippen LogP contribution >= 0.6 is 34.8 Å². The van der Waals surface area contributed by atoms with E-state index in [2.05, 4.69) is 5.32 Å². The van der Waals surface area contributed by atoms with Gasteiger partial charge in [-0.15, -0.1) is 0 Å². The lowest BCUT2D eigenvalue weighted by Crippen LogP contribution is -2.24. The first-order valence-corrected chi connectivity index (χ1v) is 12.6. The van der Waals surface area contributed by atoms with E-state index < -0.39 is 5.91 Å². The van der Waals surface area contributed by atoms with Crippen molar-refractivity contribution in [2.75, 3.05) is 20.8 Å². The van der Waals surface area contributed by atoms with E-state index in [4.69, 9.17) is 53.8 Å². The quantitative estimate of drug-likeness (QED) is 0.198. The van der Waals surface area contributed by atoms with Crippen LogP contribution in [0.5, 0.6) is 23.0 Å². The number of nitriles is 1. The van der Waals surface area contributed by atoms with Crippen molar-refractivity contribution in [3.8, 4) is 29.1 Å². The highest BCUT2D eigenvalue weighted by Gasteiger charge is 2.16. The number of rotatable bonds is 11. The zero-order valence-corrected chi connectivity index (χ0v) is 23.2. The van der Waals surface area contributed by atoms with E-state index in [1.807, 2.05) is 13.0 Å². The molecule has 0 aliphatic rings. The fraction of sp³-hybridized carbons (Fsp3) is 0.214. The van der Waals surface area contributed by atoms with Gasteiger partial charge >= 0.3 is 0 Å². The molecule has 0 heterocycles. The van der Waals surface area contributed by atoms with Crippen molar-refractivity contribution < 1.29 is 23.7 Å². The van der Waals surface area contributed by atoms with Crippen LogP contribution in [0.25, 0.3) is 6.08 Å². The highest BCUT2D eigenvalue weighted by Crippen LogP contribution is 2.38. The predicted octanol–water partition coefficient (Wildman–Crippen LogP) is 6.87. The lowest BCUT2D eigenvalue weighted by molar-refractivity contribution is -0.117. The maximum Gasteiger partial charge on any atom is 0.262 e. The topological polar surface area (TPSA) is 89.8 Å². The molecule has 1 N–H and O–H groups in total. The van der Waals surface area contributed by atoms with Crippen LogP contribution in [-0.4, -0.2) is 26.7 Å². The van der Waals surface area contributed by atoms with Gasteiger partial charge in [0.25, 0.3) is 5.91 Å². The Morgan fingerprint density at radius 3 is 2.37 bits per heavy atom. The number of hydrogen-bond acceptors (Lipinski definition) is 6. The van der Waals surface area contributed by atoms with Gasteiger partial charge in [0.05, 0.1) is 25.8 Å². The van der Waals surface area contributed by atoms with Crippen molar-refractivity contribution in [1.29, 1.82) is 5.26 Å². The number of carbonyl (C=O) groups is 1. The second-order valence-electron chi connectivity index (χ2n) is 7.82. The number of ether oxygens (including phenoxy) is 4. The molecule has 7 nitrogen and oxygen atoms in total. The van der Waals surface area contributed by atoms with Gasteiger partial charge in [-0.25, -0.2) is 0 Å². The molecule has 0 bridgehead atoms. The smallest absolute Gasteiger partial charge is 0.262 e. The maximum absolute atomic E-state index is 12.8. The standard InChI is InChI=1S/C28H25Cl3N2O5/c1-4-37-26-11-17(10-24(31)27(26)38-16-19-5-7-21(29)12-23(19)30)9-20(14-32)28(34)33-15-18-6-8-22(35-2)13-25(18)36-3/h5-13H,4,15-16H2,1-3H3,(H,33,34)/b20-9+. The van der Waals surface area contributed by atoms with Crippen LogP contribution in [-0.2, 0) is 17.9 Å². The molecule has 0 aliphatic carbocycles. The third-order valence-corrected chi connectivity index (χ3v) is 6.20. The van der Waals surface area contributed by atoms with Crippen LogP contribution in [0, 0.1) is 11.3 Å². The number of benzene rings is 3. The Kier molecular flexibility index (Phi) is 10.5. The Morgan fingerprint density at radius 2 is 1.71 bits per heavy atom. The molecule has 3 aromatic rings. The Hall–Kier alpha value is -3.57. The highest BCUT2D eigenvalue weighted by atomic mass is 35.5. The minimum absolute atomic E-state index is 0.113. The van der Waals surface area contributed by atoms with Crippen LogP contribution in [0.15, 0.2) is 54.1 Å². The van der Waals surface area contributed by atoms with E-state index in [1.54, 1.807) is 55.6 Å². The summed E-state index contributed by atoms with van der Waals surface area (Å²) in [5.74, 6) is 1.29. The molecule has 0 atom stereocenters. The van der Waals surface area contributed by atoms with Gasteiger partial charge in [0.1, 0.15) is 29.7 Å². The zero-order valence-electron chi connectivity index (χ0n) is 20.9. The third-order valence-electron chi connectivity index (χ3n) is 5.33. The van der Waals surface area contributed by atoms with Crippen molar-refractivity contribution in [2.45, 2.75) is 20.1 Å². The lowest BCUT2D eigenvalue weighted by atomic mass is 10.1. The van der Waals surface area contributed by atoms with E-state index in [0.29, 0.717) is 45.2 Å². The fourth-order valence-electron chi connectivity index (χ4n) is 3.45. The molecule has 1 amide bonds. The maximum atomic E-state index is 12.8. The van der Waals surface area contributed by atoms with Crippen LogP contribution < -0.4 is 24.3 Å². The van der Waals surface area contributed by atoms with Gasteiger partial charge in [-0.2, -0.15) is 5.26 Å². The average molecular weight is 576 g/mol. The molecule has 0 saturated carbocycles. The molecule has 0 radical (unpaired) electrons. The van der Waals surface area contributed by atoms with Gasteiger partial charge in [-0.05, 0) is 55.0 Å². The Labute approximate surface area is 236 Å². The molecule has 3 rings (SSSR count). The number of halogens is 3. The summed E-state index contributed by atoms with van der Waals surface area (Å²) in [5.41, 5.74) is 1.82. The van der Waals surface area contributed by atoms with Gasteiger partial charge in [0.15, 0.2) is 11.5 Å². The predicted molar refractivity (Wildman–Crippen MR) is 148 cm³/mol. The summed E-state index contributed by atoms with van der Waals surface area (Å²) < 4.78 is 22.2. The highest BCUT2D eigenvalue weighted by molar-refractivity contribution is 6.35. The van der Waals surface area contributed by atoms with Crippen LogP contribution in [0.2, 0.25) is 15.1 Å². The SMILES string of the molecule is CCOc1cc(/C=C(\C#N)C(=O)NCc2ccc(OC)cc2OC)cc(Cl)c1OCc1ccc(Cl)cc1Cl.